The van der Waals surface area contributed by atoms with Crippen molar-refractivity contribution >= 4 is 17.5 Å². The van der Waals surface area contributed by atoms with Crippen molar-refractivity contribution in [1.82, 2.24) is 24.9 Å². The molecule has 0 aliphatic carbocycles. The van der Waals surface area contributed by atoms with Crippen LogP contribution in [-0.4, -0.2) is 25.5 Å². The Morgan fingerprint density at radius 1 is 1.53 bits per heavy atom. The van der Waals surface area contributed by atoms with Gasteiger partial charge in [-0.25, -0.2) is 0 Å². The number of amides is 1. The fraction of sp³-hybridized carbons (Fsp3) is 0.300. The molecular formula is C10H10ClF2N5O. The monoisotopic (exact) mass is 289 g/mol. The van der Waals surface area contributed by atoms with Crippen LogP contribution in [0.25, 0.3) is 0 Å². The third kappa shape index (κ3) is 2.73. The van der Waals surface area contributed by atoms with Crippen molar-refractivity contribution in [2.24, 2.45) is 7.05 Å². The van der Waals surface area contributed by atoms with Crippen LogP contribution in [0, 0.1) is 0 Å². The van der Waals surface area contributed by atoms with Crippen LogP contribution in [0.15, 0.2) is 18.5 Å². The highest BCUT2D eigenvalue weighted by molar-refractivity contribution is 6.31. The van der Waals surface area contributed by atoms with Crippen molar-refractivity contribution in [1.29, 1.82) is 0 Å². The molecule has 0 spiro atoms. The minimum Gasteiger partial charge on any atom is -0.345 e. The molecule has 1 amide bonds. The molecule has 0 saturated carbocycles. The summed E-state index contributed by atoms with van der Waals surface area (Å²) in [5, 5.41) is 10.2. The molecule has 9 heteroatoms. The van der Waals surface area contributed by atoms with Crippen molar-refractivity contribution in [2.75, 3.05) is 0 Å². The molecule has 0 unspecified atom stereocenters. The molecule has 2 heterocycles. The first-order valence-corrected chi connectivity index (χ1v) is 5.64. The van der Waals surface area contributed by atoms with Crippen molar-refractivity contribution in [3.8, 4) is 0 Å². The number of carbonyl (C=O) groups excluding carboxylic acids is 1. The Morgan fingerprint density at radius 3 is 2.84 bits per heavy atom. The van der Waals surface area contributed by atoms with Gasteiger partial charge in [-0.15, -0.1) is 0 Å². The summed E-state index contributed by atoms with van der Waals surface area (Å²) in [7, 11) is 1.66. The fourth-order valence-electron chi connectivity index (χ4n) is 1.54. The SMILES string of the molecule is Cn1ncc(Cl)c1CNC(=O)c1ccnn1C(F)F. The average molecular weight is 290 g/mol. The van der Waals surface area contributed by atoms with Crippen LogP contribution in [0.2, 0.25) is 5.02 Å². The highest BCUT2D eigenvalue weighted by atomic mass is 35.5. The molecule has 0 bridgehead atoms. The molecule has 0 radical (unpaired) electrons. The maximum Gasteiger partial charge on any atom is 0.333 e. The van der Waals surface area contributed by atoms with Gasteiger partial charge in [0, 0.05) is 13.2 Å². The molecule has 1 N–H and O–H groups in total. The summed E-state index contributed by atoms with van der Waals surface area (Å²) in [6.07, 6.45) is 2.57. The first-order valence-electron chi connectivity index (χ1n) is 5.27. The molecule has 19 heavy (non-hydrogen) atoms. The zero-order chi connectivity index (χ0) is 14.0. The van der Waals surface area contributed by atoms with Gasteiger partial charge in [0.2, 0.25) is 0 Å². The van der Waals surface area contributed by atoms with Gasteiger partial charge in [-0.05, 0) is 6.07 Å². The van der Waals surface area contributed by atoms with Crippen LogP contribution < -0.4 is 5.32 Å². The number of carbonyl (C=O) groups is 1. The van der Waals surface area contributed by atoms with Crippen molar-refractivity contribution in [3.05, 3.63) is 34.9 Å². The van der Waals surface area contributed by atoms with Crippen LogP contribution in [0.3, 0.4) is 0 Å². The van der Waals surface area contributed by atoms with Gasteiger partial charge in [0.15, 0.2) is 0 Å². The normalized spacial score (nSPS) is 11.0. The Labute approximate surface area is 112 Å². The van der Waals surface area contributed by atoms with Gasteiger partial charge >= 0.3 is 6.55 Å². The molecule has 2 aromatic heterocycles. The second kappa shape index (κ2) is 5.35. The molecular weight excluding hydrogens is 280 g/mol. The number of hydrogen-bond acceptors (Lipinski definition) is 3. The minimum atomic E-state index is -2.86. The van der Waals surface area contributed by atoms with E-state index in [9.17, 15) is 13.6 Å². The zero-order valence-electron chi connectivity index (χ0n) is 9.85. The van der Waals surface area contributed by atoms with Gasteiger partial charge in [0.05, 0.1) is 23.5 Å². The van der Waals surface area contributed by atoms with E-state index in [-0.39, 0.29) is 12.2 Å². The number of aromatic nitrogens is 4. The Kier molecular flexibility index (Phi) is 3.79. The maximum absolute atomic E-state index is 12.5. The van der Waals surface area contributed by atoms with E-state index in [1.807, 2.05) is 0 Å². The van der Waals surface area contributed by atoms with Gasteiger partial charge in [0.1, 0.15) is 5.69 Å². The lowest BCUT2D eigenvalue weighted by atomic mass is 10.3. The van der Waals surface area contributed by atoms with E-state index < -0.39 is 12.5 Å². The van der Waals surface area contributed by atoms with E-state index in [0.29, 0.717) is 15.4 Å². The predicted octanol–water partition coefficient (Wildman–Crippen LogP) is 1.60. The number of halogens is 3. The summed E-state index contributed by atoms with van der Waals surface area (Å²) >= 11 is 5.86. The molecule has 2 aromatic rings. The van der Waals surface area contributed by atoms with E-state index >= 15 is 0 Å². The number of rotatable bonds is 4. The molecule has 0 aliphatic rings. The van der Waals surface area contributed by atoms with Crippen LogP contribution in [0.4, 0.5) is 8.78 Å². The summed E-state index contributed by atoms with van der Waals surface area (Å²) in [5.74, 6) is -0.657. The average Bonchev–Trinajstić information content (AvgIpc) is 2.95. The van der Waals surface area contributed by atoms with Crippen molar-refractivity contribution in [2.45, 2.75) is 13.1 Å². The molecule has 0 fully saturated rings. The smallest absolute Gasteiger partial charge is 0.333 e. The first-order chi connectivity index (χ1) is 9.00. The van der Waals surface area contributed by atoms with E-state index in [0.717, 1.165) is 6.20 Å². The summed E-state index contributed by atoms with van der Waals surface area (Å²) in [6, 6.07) is 1.21. The van der Waals surface area contributed by atoms with Gasteiger partial charge in [-0.2, -0.15) is 23.7 Å². The van der Waals surface area contributed by atoms with Gasteiger partial charge in [0.25, 0.3) is 5.91 Å². The van der Waals surface area contributed by atoms with Gasteiger partial charge < -0.3 is 5.32 Å². The highest BCUT2D eigenvalue weighted by Crippen LogP contribution is 2.15. The van der Waals surface area contributed by atoms with Crippen LogP contribution >= 0.6 is 11.6 Å². The first kappa shape index (κ1) is 13.5. The molecule has 102 valence electrons. The van der Waals surface area contributed by atoms with E-state index in [1.165, 1.54) is 16.9 Å². The number of nitrogens with one attached hydrogen (secondary N) is 1. The van der Waals surface area contributed by atoms with Crippen molar-refractivity contribution in [3.63, 3.8) is 0 Å². The number of nitrogens with zero attached hydrogens (tertiary/aromatic N) is 4. The zero-order valence-corrected chi connectivity index (χ0v) is 10.6. The van der Waals surface area contributed by atoms with Gasteiger partial charge in [-0.3, -0.25) is 9.48 Å². The fourth-order valence-corrected chi connectivity index (χ4v) is 1.77. The molecule has 0 atom stereocenters. The summed E-state index contributed by atoms with van der Waals surface area (Å²) in [5.41, 5.74) is 0.367. The maximum atomic E-state index is 12.5. The lowest BCUT2D eigenvalue weighted by Crippen LogP contribution is -2.27. The summed E-state index contributed by atoms with van der Waals surface area (Å²) in [6.45, 7) is -2.78. The molecule has 2 rings (SSSR count). The van der Waals surface area contributed by atoms with E-state index in [1.54, 1.807) is 7.05 Å². The predicted molar refractivity (Wildman–Crippen MR) is 62.9 cm³/mol. The topological polar surface area (TPSA) is 64.7 Å². The molecule has 0 aromatic carbocycles. The van der Waals surface area contributed by atoms with E-state index in [2.05, 4.69) is 15.5 Å². The third-order valence-electron chi connectivity index (χ3n) is 2.51. The molecule has 0 aliphatic heterocycles. The highest BCUT2D eigenvalue weighted by Gasteiger charge is 2.18. The van der Waals surface area contributed by atoms with E-state index in [4.69, 9.17) is 11.6 Å². The summed E-state index contributed by atoms with van der Waals surface area (Å²) < 4.78 is 26.9. The number of alkyl halides is 2. The quantitative estimate of drug-likeness (QED) is 0.930. The standard InChI is InChI=1S/C10H10ClF2N5O/c1-17-8(6(11)4-16-17)5-14-9(19)7-2-3-15-18(7)10(12)13/h2-4,10H,5H2,1H3,(H,14,19). The minimum absolute atomic E-state index is 0.0859. The Morgan fingerprint density at radius 2 is 2.26 bits per heavy atom. The molecule has 0 saturated heterocycles. The number of aryl methyl sites for hydroxylation is 1. The summed E-state index contributed by atoms with van der Waals surface area (Å²) in [4.78, 5) is 11.8. The Bertz CT molecular complexity index is 575. The van der Waals surface area contributed by atoms with Gasteiger partial charge in [-0.1, -0.05) is 11.6 Å². The number of hydrogen-bond donors (Lipinski definition) is 1. The van der Waals surface area contributed by atoms with Crippen molar-refractivity contribution < 1.29 is 13.6 Å². The lowest BCUT2D eigenvalue weighted by molar-refractivity contribution is 0.0509. The van der Waals surface area contributed by atoms with Crippen LogP contribution in [-0.2, 0) is 13.6 Å². The van der Waals surface area contributed by atoms with Crippen LogP contribution in [0.5, 0.6) is 0 Å². The second-order valence-corrected chi connectivity index (χ2v) is 4.09. The lowest BCUT2D eigenvalue weighted by Gasteiger charge is -2.08. The van der Waals surface area contributed by atoms with Crippen LogP contribution in [0.1, 0.15) is 22.7 Å². The molecule has 6 nitrogen and oxygen atoms in total. The largest absolute Gasteiger partial charge is 0.345 e. The second-order valence-electron chi connectivity index (χ2n) is 3.68. The Balaban J connectivity index is 2.08. The Hall–Kier alpha value is -1.96. The third-order valence-corrected chi connectivity index (χ3v) is 2.83.